The Hall–Kier alpha value is -1.11. The summed E-state index contributed by atoms with van der Waals surface area (Å²) in [6.07, 6.45) is -3.37. The highest BCUT2D eigenvalue weighted by molar-refractivity contribution is 4.88. The molecule has 1 aromatic heterocycles. The van der Waals surface area contributed by atoms with Crippen molar-refractivity contribution in [3.63, 3.8) is 0 Å². The van der Waals surface area contributed by atoms with Crippen molar-refractivity contribution in [2.75, 3.05) is 0 Å². The molecule has 92 valence electrons. The summed E-state index contributed by atoms with van der Waals surface area (Å²) in [5, 5.41) is 3.92. The van der Waals surface area contributed by atoms with Gasteiger partial charge >= 0.3 is 6.18 Å². The van der Waals surface area contributed by atoms with E-state index in [0.29, 0.717) is 18.8 Å². The smallest absolute Gasteiger partial charge is 0.327 e. The van der Waals surface area contributed by atoms with Gasteiger partial charge in [0.15, 0.2) is 0 Å². The number of halogens is 3. The topological polar surface area (TPSA) is 56.7 Å². The van der Waals surface area contributed by atoms with Crippen molar-refractivity contribution >= 4 is 0 Å². The predicted octanol–water partition coefficient (Wildman–Crippen LogP) is 1.51. The first-order valence-electron chi connectivity index (χ1n) is 5.11. The van der Waals surface area contributed by atoms with Gasteiger partial charge in [0.05, 0.1) is 0 Å². The van der Waals surface area contributed by atoms with Crippen LogP contribution in [-0.2, 0) is 13.0 Å². The van der Waals surface area contributed by atoms with Gasteiger partial charge in [0, 0.05) is 25.4 Å². The van der Waals surface area contributed by atoms with Crippen LogP contribution in [0.25, 0.3) is 0 Å². The average molecular weight is 236 g/mol. The van der Waals surface area contributed by atoms with Gasteiger partial charge in [-0.3, -0.25) is 4.68 Å². The number of aromatic nitrogens is 3. The molecular weight excluding hydrogens is 221 g/mol. The van der Waals surface area contributed by atoms with Crippen LogP contribution in [0.5, 0.6) is 0 Å². The Morgan fingerprint density at radius 1 is 1.50 bits per heavy atom. The van der Waals surface area contributed by atoms with E-state index in [1.165, 1.54) is 6.33 Å². The minimum Gasteiger partial charge on any atom is -0.327 e. The Morgan fingerprint density at radius 3 is 2.75 bits per heavy atom. The zero-order valence-corrected chi connectivity index (χ0v) is 9.04. The highest BCUT2D eigenvalue weighted by Crippen LogP contribution is 2.22. The Bertz CT molecular complexity index is 321. The molecule has 0 radical (unpaired) electrons. The van der Waals surface area contributed by atoms with Gasteiger partial charge < -0.3 is 5.73 Å². The van der Waals surface area contributed by atoms with Gasteiger partial charge in [-0.1, -0.05) is 0 Å². The summed E-state index contributed by atoms with van der Waals surface area (Å²) in [4.78, 5) is 3.96. The molecule has 0 aliphatic carbocycles. The molecule has 0 aromatic carbocycles. The number of hydrogen-bond donors (Lipinski definition) is 1. The van der Waals surface area contributed by atoms with Crippen LogP contribution in [0.4, 0.5) is 13.2 Å². The third kappa shape index (κ3) is 4.18. The molecule has 0 amide bonds. The minimum atomic E-state index is -4.14. The van der Waals surface area contributed by atoms with Gasteiger partial charge in [-0.2, -0.15) is 18.3 Å². The molecule has 4 nitrogen and oxygen atoms in total. The SMILES string of the molecule is CCn1ncnc1CC(N)CCC(F)(F)F. The van der Waals surface area contributed by atoms with Crippen molar-refractivity contribution in [2.24, 2.45) is 5.73 Å². The van der Waals surface area contributed by atoms with Gasteiger partial charge in [0.25, 0.3) is 0 Å². The first-order chi connectivity index (χ1) is 7.42. The lowest BCUT2D eigenvalue weighted by Gasteiger charge is -2.12. The van der Waals surface area contributed by atoms with Gasteiger partial charge in [0.1, 0.15) is 12.2 Å². The van der Waals surface area contributed by atoms with E-state index in [1.807, 2.05) is 6.92 Å². The zero-order chi connectivity index (χ0) is 12.2. The summed E-state index contributed by atoms with van der Waals surface area (Å²) in [5.41, 5.74) is 5.61. The first kappa shape index (κ1) is 13.0. The second-order valence-electron chi connectivity index (χ2n) is 3.61. The average Bonchev–Trinajstić information content (AvgIpc) is 2.61. The fraction of sp³-hybridized carbons (Fsp3) is 0.778. The van der Waals surface area contributed by atoms with Crippen LogP contribution in [0.3, 0.4) is 0 Å². The lowest BCUT2D eigenvalue weighted by molar-refractivity contribution is -0.136. The summed E-state index contributed by atoms with van der Waals surface area (Å²) in [6.45, 7) is 2.53. The molecule has 16 heavy (non-hydrogen) atoms. The molecular formula is C9H15F3N4. The van der Waals surface area contributed by atoms with Crippen LogP contribution in [0.15, 0.2) is 6.33 Å². The van der Waals surface area contributed by atoms with E-state index in [9.17, 15) is 13.2 Å². The molecule has 0 fully saturated rings. The van der Waals surface area contributed by atoms with Gasteiger partial charge in [-0.05, 0) is 13.3 Å². The van der Waals surface area contributed by atoms with Gasteiger partial charge in [0.2, 0.25) is 0 Å². The van der Waals surface area contributed by atoms with Crippen LogP contribution in [-0.4, -0.2) is 27.0 Å². The Balaban J connectivity index is 2.42. The van der Waals surface area contributed by atoms with Crippen molar-refractivity contribution in [3.05, 3.63) is 12.2 Å². The van der Waals surface area contributed by atoms with E-state index in [-0.39, 0.29) is 6.42 Å². The molecule has 1 rings (SSSR count). The number of nitrogens with zero attached hydrogens (tertiary/aromatic N) is 3. The molecule has 0 saturated heterocycles. The molecule has 0 spiro atoms. The van der Waals surface area contributed by atoms with Gasteiger partial charge in [-0.15, -0.1) is 0 Å². The fourth-order valence-electron chi connectivity index (χ4n) is 1.40. The maximum Gasteiger partial charge on any atom is 0.389 e. The number of rotatable bonds is 5. The lowest BCUT2D eigenvalue weighted by atomic mass is 10.1. The second kappa shape index (κ2) is 5.29. The summed E-state index contributed by atoms with van der Waals surface area (Å²) in [7, 11) is 0. The zero-order valence-electron chi connectivity index (χ0n) is 9.04. The highest BCUT2D eigenvalue weighted by Gasteiger charge is 2.27. The van der Waals surface area contributed by atoms with E-state index < -0.39 is 18.6 Å². The third-order valence-corrected chi connectivity index (χ3v) is 2.24. The molecule has 0 bridgehead atoms. The van der Waals surface area contributed by atoms with E-state index in [0.717, 1.165) is 0 Å². The largest absolute Gasteiger partial charge is 0.389 e. The highest BCUT2D eigenvalue weighted by atomic mass is 19.4. The number of nitrogens with two attached hydrogens (primary N) is 1. The molecule has 2 N–H and O–H groups in total. The standard InChI is InChI=1S/C9H15F3N4/c1-2-16-8(14-6-15-16)5-7(13)3-4-9(10,11)12/h6-7H,2-5,13H2,1H3. The third-order valence-electron chi connectivity index (χ3n) is 2.24. The van der Waals surface area contributed by atoms with Crippen molar-refractivity contribution in [3.8, 4) is 0 Å². The summed E-state index contributed by atoms with van der Waals surface area (Å²) in [5.74, 6) is 0.636. The van der Waals surface area contributed by atoms with Crippen LogP contribution >= 0.6 is 0 Å². The number of aryl methyl sites for hydroxylation is 1. The van der Waals surface area contributed by atoms with Crippen molar-refractivity contribution < 1.29 is 13.2 Å². The van der Waals surface area contributed by atoms with Crippen LogP contribution in [0, 0.1) is 0 Å². The Kier molecular flexibility index (Phi) is 4.28. The van der Waals surface area contributed by atoms with Gasteiger partial charge in [-0.25, -0.2) is 4.98 Å². The molecule has 0 aliphatic rings. The van der Waals surface area contributed by atoms with E-state index in [2.05, 4.69) is 10.1 Å². The molecule has 1 heterocycles. The maximum atomic E-state index is 12.0. The maximum absolute atomic E-state index is 12.0. The summed E-state index contributed by atoms with van der Waals surface area (Å²) in [6, 6.07) is -0.531. The minimum absolute atomic E-state index is 0.0833. The van der Waals surface area contributed by atoms with Crippen LogP contribution in [0.2, 0.25) is 0 Å². The van der Waals surface area contributed by atoms with Crippen LogP contribution in [0.1, 0.15) is 25.6 Å². The number of hydrogen-bond acceptors (Lipinski definition) is 3. The van der Waals surface area contributed by atoms with E-state index in [1.54, 1.807) is 4.68 Å². The van der Waals surface area contributed by atoms with Crippen LogP contribution < -0.4 is 5.73 Å². The molecule has 1 atom stereocenters. The predicted molar refractivity (Wildman–Crippen MR) is 52.7 cm³/mol. The fourth-order valence-corrected chi connectivity index (χ4v) is 1.40. The summed E-state index contributed by atoms with van der Waals surface area (Å²) >= 11 is 0. The number of alkyl halides is 3. The quantitative estimate of drug-likeness (QED) is 0.843. The van der Waals surface area contributed by atoms with E-state index >= 15 is 0 Å². The van der Waals surface area contributed by atoms with E-state index in [4.69, 9.17) is 5.73 Å². The summed E-state index contributed by atoms with van der Waals surface area (Å²) < 4.78 is 37.5. The molecule has 0 aliphatic heterocycles. The molecule has 0 saturated carbocycles. The first-order valence-corrected chi connectivity index (χ1v) is 5.11. The molecule has 1 unspecified atom stereocenters. The Labute approximate surface area is 91.6 Å². The van der Waals surface area contributed by atoms with Crippen molar-refractivity contribution in [1.82, 2.24) is 14.8 Å². The molecule has 1 aromatic rings. The molecule has 7 heteroatoms. The monoisotopic (exact) mass is 236 g/mol. The Morgan fingerprint density at radius 2 is 2.19 bits per heavy atom. The second-order valence-corrected chi connectivity index (χ2v) is 3.61. The van der Waals surface area contributed by atoms with Crippen molar-refractivity contribution in [2.45, 2.75) is 44.9 Å². The lowest BCUT2D eigenvalue weighted by Crippen LogP contribution is -2.27. The normalized spacial score (nSPS) is 14.1. The van der Waals surface area contributed by atoms with Crippen molar-refractivity contribution in [1.29, 1.82) is 0 Å².